The predicted octanol–water partition coefficient (Wildman–Crippen LogP) is 2.38. The van der Waals surface area contributed by atoms with E-state index in [1.165, 1.54) is 22.5 Å². The topological polar surface area (TPSA) is 99.5 Å². The quantitative estimate of drug-likeness (QED) is 0.686. The summed E-state index contributed by atoms with van der Waals surface area (Å²) in [5, 5.41) is 11.5. The first-order valence-corrected chi connectivity index (χ1v) is 10.8. The third-order valence-corrected chi connectivity index (χ3v) is 6.52. The molecule has 3 rings (SSSR count). The van der Waals surface area contributed by atoms with Gasteiger partial charge < -0.3 is 10.1 Å². The highest BCUT2D eigenvalue weighted by Crippen LogP contribution is 2.19. The second-order valence-electron chi connectivity index (χ2n) is 6.66. The molecule has 1 N–H and O–H groups in total. The van der Waals surface area contributed by atoms with E-state index in [2.05, 4.69) is 5.32 Å². The van der Waals surface area contributed by atoms with Crippen LogP contribution in [0.1, 0.15) is 17.2 Å². The van der Waals surface area contributed by atoms with Gasteiger partial charge in [-0.05, 0) is 29.8 Å². The molecule has 1 unspecified atom stereocenters. The lowest BCUT2D eigenvalue weighted by Crippen LogP contribution is -2.40. The summed E-state index contributed by atoms with van der Waals surface area (Å²) >= 11 is 0. The van der Waals surface area contributed by atoms with Gasteiger partial charge in [0.05, 0.1) is 24.2 Å². The highest BCUT2D eigenvalue weighted by molar-refractivity contribution is 7.89. The number of ether oxygens (including phenoxy) is 1. The fraction of sp³-hybridized carbons (Fsp3) is 0.238. The lowest BCUT2D eigenvalue weighted by Gasteiger charge is -2.26. The maximum absolute atomic E-state index is 13.8. The summed E-state index contributed by atoms with van der Waals surface area (Å²) in [4.78, 5) is 12.2. The largest absolute Gasteiger partial charge is 0.379 e. The zero-order valence-corrected chi connectivity index (χ0v) is 17.1. The van der Waals surface area contributed by atoms with E-state index in [-0.39, 0.29) is 10.5 Å². The molecule has 0 aliphatic carbocycles. The number of halogens is 2. The average molecular weight is 447 g/mol. The molecule has 1 atom stereocenters. The van der Waals surface area contributed by atoms with Gasteiger partial charge in [0, 0.05) is 30.8 Å². The van der Waals surface area contributed by atoms with Crippen LogP contribution in [-0.4, -0.2) is 44.9 Å². The second-order valence-corrected chi connectivity index (χ2v) is 8.59. The molecule has 1 amide bonds. The summed E-state index contributed by atoms with van der Waals surface area (Å²) < 4.78 is 58.6. The predicted molar refractivity (Wildman–Crippen MR) is 108 cm³/mol. The minimum Gasteiger partial charge on any atom is -0.379 e. The lowest BCUT2D eigenvalue weighted by atomic mass is 10.1. The molecular formula is C21H19F2N3O4S. The van der Waals surface area contributed by atoms with Crippen LogP contribution in [0, 0.1) is 23.0 Å². The summed E-state index contributed by atoms with van der Waals surface area (Å²) in [7, 11) is -3.62. The molecule has 0 spiro atoms. The monoisotopic (exact) mass is 447 g/mol. The van der Waals surface area contributed by atoms with Gasteiger partial charge in [0.15, 0.2) is 0 Å². The van der Waals surface area contributed by atoms with Crippen LogP contribution in [0.2, 0.25) is 0 Å². The van der Waals surface area contributed by atoms with Gasteiger partial charge in [0.1, 0.15) is 17.7 Å². The number of hydrogen-bond acceptors (Lipinski definition) is 5. The van der Waals surface area contributed by atoms with E-state index < -0.39 is 33.6 Å². The Morgan fingerprint density at radius 3 is 2.45 bits per heavy atom. The zero-order chi connectivity index (χ0) is 22.4. The molecule has 31 heavy (non-hydrogen) atoms. The lowest BCUT2D eigenvalue weighted by molar-refractivity contribution is -0.116. The molecule has 0 aromatic heterocycles. The number of rotatable bonds is 6. The van der Waals surface area contributed by atoms with E-state index in [9.17, 15) is 27.3 Å². The van der Waals surface area contributed by atoms with Gasteiger partial charge in [-0.2, -0.15) is 9.57 Å². The van der Waals surface area contributed by atoms with Gasteiger partial charge >= 0.3 is 0 Å². The van der Waals surface area contributed by atoms with Crippen molar-refractivity contribution >= 4 is 22.0 Å². The summed E-state index contributed by atoms with van der Waals surface area (Å²) in [6.45, 7) is 1.28. The molecule has 1 aliphatic rings. The zero-order valence-electron chi connectivity index (χ0n) is 16.3. The van der Waals surface area contributed by atoms with E-state index in [4.69, 9.17) is 4.74 Å². The first-order valence-electron chi connectivity index (χ1n) is 9.32. The first-order chi connectivity index (χ1) is 14.8. The van der Waals surface area contributed by atoms with Crippen molar-refractivity contribution in [3.05, 3.63) is 71.3 Å². The highest BCUT2D eigenvalue weighted by Gasteiger charge is 2.26. The summed E-state index contributed by atoms with van der Waals surface area (Å²) in [5.41, 5.74) is 0.404. The fourth-order valence-corrected chi connectivity index (χ4v) is 4.37. The summed E-state index contributed by atoms with van der Waals surface area (Å²) in [6, 6.07) is 9.14. The minimum atomic E-state index is -3.62. The Labute approximate surface area is 178 Å². The van der Waals surface area contributed by atoms with Crippen LogP contribution in [0.4, 0.5) is 8.78 Å². The number of sulfonamides is 1. The fourth-order valence-electron chi connectivity index (χ4n) is 2.96. The van der Waals surface area contributed by atoms with Gasteiger partial charge in [0.25, 0.3) is 0 Å². The molecule has 0 radical (unpaired) electrons. The van der Waals surface area contributed by atoms with Crippen molar-refractivity contribution in [2.24, 2.45) is 0 Å². The standard InChI is InChI=1S/C21H19F2N3O4S/c22-16-4-7-18(19(23)13-16)20(14-24)25-21(27)8-3-15-1-5-17(6-2-15)31(28,29)26-9-11-30-12-10-26/h1-8,13,20H,9-12H2,(H,25,27)/b8-3+. The molecule has 1 fully saturated rings. The minimum absolute atomic E-state index is 0.132. The van der Waals surface area contributed by atoms with Crippen molar-refractivity contribution in [3.8, 4) is 6.07 Å². The van der Waals surface area contributed by atoms with Crippen LogP contribution in [-0.2, 0) is 19.6 Å². The van der Waals surface area contributed by atoms with Crippen LogP contribution >= 0.6 is 0 Å². The van der Waals surface area contributed by atoms with Crippen molar-refractivity contribution in [2.75, 3.05) is 26.3 Å². The molecule has 0 saturated carbocycles. The molecule has 2 aromatic rings. The van der Waals surface area contributed by atoms with Crippen molar-refractivity contribution in [2.45, 2.75) is 10.9 Å². The number of benzene rings is 2. The number of amides is 1. The van der Waals surface area contributed by atoms with Gasteiger partial charge in [-0.25, -0.2) is 17.2 Å². The first kappa shape index (κ1) is 22.6. The Bertz CT molecular complexity index is 1120. The molecule has 1 aliphatic heterocycles. The summed E-state index contributed by atoms with van der Waals surface area (Å²) in [5.74, 6) is -2.39. The average Bonchev–Trinajstić information content (AvgIpc) is 2.77. The van der Waals surface area contributed by atoms with E-state index in [0.717, 1.165) is 18.2 Å². The number of morpholine rings is 1. The maximum Gasteiger partial charge on any atom is 0.245 e. The Balaban J connectivity index is 1.66. The van der Waals surface area contributed by atoms with Crippen molar-refractivity contribution < 1.29 is 26.7 Å². The molecule has 2 aromatic carbocycles. The smallest absolute Gasteiger partial charge is 0.245 e. The molecule has 1 saturated heterocycles. The van der Waals surface area contributed by atoms with E-state index in [1.54, 1.807) is 18.2 Å². The third-order valence-electron chi connectivity index (χ3n) is 4.60. The number of hydrogen-bond donors (Lipinski definition) is 1. The van der Waals surface area contributed by atoms with Crippen molar-refractivity contribution in [1.29, 1.82) is 5.26 Å². The molecule has 162 valence electrons. The molecule has 0 bridgehead atoms. The van der Waals surface area contributed by atoms with Crippen molar-refractivity contribution in [1.82, 2.24) is 9.62 Å². The van der Waals surface area contributed by atoms with E-state index in [1.807, 2.05) is 0 Å². The van der Waals surface area contributed by atoms with Crippen LogP contribution in [0.25, 0.3) is 6.08 Å². The van der Waals surface area contributed by atoms with Crippen LogP contribution < -0.4 is 5.32 Å². The third kappa shape index (κ3) is 5.52. The van der Waals surface area contributed by atoms with Gasteiger partial charge in [-0.15, -0.1) is 0 Å². The number of nitrogens with zero attached hydrogens (tertiary/aromatic N) is 2. The summed E-state index contributed by atoms with van der Waals surface area (Å²) in [6.07, 6.45) is 2.56. The van der Waals surface area contributed by atoms with Gasteiger partial charge in [-0.3, -0.25) is 4.79 Å². The van der Waals surface area contributed by atoms with Gasteiger partial charge in [-0.1, -0.05) is 18.2 Å². The molecule has 10 heteroatoms. The normalized spacial score (nSPS) is 16.0. The number of nitrogens with one attached hydrogen (secondary N) is 1. The Hall–Kier alpha value is -3.13. The number of carbonyl (C=O) groups is 1. The molecule has 7 nitrogen and oxygen atoms in total. The Morgan fingerprint density at radius 2 is 1.84 bits per heavy atom. The second kappa shape index (κ2) is 9.78. The van der Waals surface area contributed by atoms with E-state index >= 15 is 0 Å². The number of carbonyl (C=O) groups excluding carboxylic acids is 1. The maximum atomic E-state index is 13.8. The number of nitriles is 1. The molecule has 1 heterocycles. The van der Waals surface area contributed by atoms with Crippen LogP contribution in [0.15, 0.2) is 53.4 Å². The van der Waals surface area contributed by atoms with Crippen molar-refractivity contribution in [3.63, 3.8) is 0 Å². The van der Waals surface area contributed by atoms with Gasteiger partial charge in [0.2, 0.25) is 15.9 Å². The van der Waals surface area contributed by atoms with Crippen LogP contribution in [0.5, 0.6) is 0 Å². The molecular weight excluding hydrogens is 428 g/mol. The highest BCUT2D eigenvalue weighted by atomic mass is 32.2. The Morgan fingerprint density at radius 1 is 1.16 bits per heavy atom. The Kier molecular flexibility index (Phi) is 7.12. The van der Waals surface area contributed by atoms with E-state index in [0.29, 0.717) is 37.9 Å². The SMILES string of the molecule is N#CC(NC(=O)/C=C/c1ccc(S(=O)(=O)N2CCOCC2)cc1)c1ccc(F)cc1F. The van der Waals surface area contributed by atoms with Crippen LogP contribution in [0.3, 0.4) is 0 Å².